The maximum absolute atomic E-state index is 2.46. The maximum atomic E-state index is 2.46. The van der Waals surface area contributed by atoms with Crippen molar-refractivity contribution in [2.45, 2.75) is 50.6 Å². The Hall–Kier alpha value is 0.0649. The molecule has 0 aromatic carbocycles. The lowest BCUT2D eigenvalue weighted by molar-refractivity contribution is 0.642. The minimum absolute atomic E-state index is 1.08. The van der Waals surface area contributed by atoms with Gasteiger partial charge in [0, 0.05) is 0 Å². The van der Waals surface area contributed by atoms with Crippen molar-refractivity contribution in [3.63, 3.8) is 0 Å². The number of hydrogen-bond acceptors (Lipinski definition) is 0. The highest BCUT2D eigenvalue weighted by atomic mass is 14.2. The Morgan fingerprint density at radius 1 is 1.00 bits per heavy atom. The van der Waals surface area contributed by atoms with Gasteiger partial charge in [-0.05, 0) is 0 Å². The third-order valence-corrected chi connectivity index (χ3v) is 3.55. The fraction of sp³-hybridized carbons (Fsp3) is 1.00. The van der Waals surface area contributed by atoms with Crippen molar-refractivity contribution < 1.29 is 0 Å². The van der Waals surface area contributed by atoms with Gasteiger partial charge in [-0.15, -0.1) is 0 Å². The molecule has 0 nitrogen and oxygen atoms in total. The van der Waals surface area contributed by atoms with E-state index in [0.717, 1.165) is 18.3 Å². The van der Waals surface area contributed by atoms with Gasteiger partial charge in [0.25, 0.3) is 0 Å². The third-order valence-electron chi connectivity index (χ3n) is 3.55. The molecule has 2 bridgehead atoms. The zero-order valence-corrected chi connectivity index (χ0v) is 6.27. The molecule has 0 saturated carbocycles. The summed E-state index contributed by atoms with van der Waals surface area (Å²) in [6.07, 6.45) is 7.70. The molecule has 2 saturated heterocycles. The first kappa shape index (κ1) is 5.82. The molecule has 2 aliphatic heterocycles. The van der Waals surface area contributed by atoms with Gasteiger partial charge in [-0.25, -0.2) is 0 Å². The Morgan fingerprint density at radius 3 is 2.00 bits per heavy atom. The van der Waals surface area contributed by atoms with E-state index in [4.69, 9.17) is 0 Å². The molecule has 0 aliphatic carbocycles. The zero-order valence-electron chi connectivity index (χ0n) is 6.27. The monoisotopic (exact) mass is 122 g/mol. The third kappa shape index (κ3) is 0.816. The quantitative estimate of drug-likeness (QED) is 0.433. The predicted octanol–water partition coefficient (Wildman–Crippen LogP) is 2.83. The molecule has 0 aromatic heterocycles. The van der Waals surface area contributed by atoms with Crippen molar-refractivity contribution in [2.75, 3.05) is 0 Å². The first-order valence-electron chi connectivity index (χ1n) is 4.38. The van der Waals surface area contributed by atoms with Crippen molar-refractivity contribution in [3.8, 4) is 0 Å². The Balaban J connectivity index is 2.10. The zero-order chi connectivity index (χ0) is 6.27. The molecule has 2 rings (SSSR count). The molecule has 0 spiro atoms. The summed E-state index contributed by atoms with van der Waals surface area (Å²) in [5, 5.41) is 0. The average Bonchev–Trinajstić information content (AvgIpc) is 2.19. The summed E-state index contributed by atoms with van der Waals surface area (Å²) in [5.74, 6) is 2.26. The molecule has 9 heavy (non-hydrogen) atoms. The standard InChI is InChI=1S/C8H15B/c1-9-7-3-2-4-8(9)6-5-7/h7-8H,2-6H2,1H3. The lowest BCUT2D eigenvalue weighted by atomic mass is 9.36. The van der Waals surface area contributed by atoms with Gasteiger partial charge in [0.1, 0.15) is 6.71 Å². The maximum Gasteiger partial charge on any atom is 0.143 e. The molecule has 50 valence electrons. The van der Waals surface area contributed by atoms with E-state index in [2.05, 4.69) is 6.82 Å². The number of rotatable bonds is 0. The summed E-state index contributed by atoms with van der Waals surface area (Å²) in [4.78, 5) is 0. The summed E-state index contributed by atoms with van der Waals surface area (Å²) in [6, 6.07) is 0. The normalized spacial score (nSPS) is 41.7. The van der Waals surface area contributed by atoms with Crippen molar-refractivity contribution in [3.05, 3.63) is 0 Å². The van der Waals surface area contributed by atoms with E-state index in [0.29, 0.717) is 0 Å². The van der Waals surface area contributed by atoms with Gasteiger partial charge in [0.05, 0.1) is 0 Å². The van der Waals surface area contributed by atoms with Crippen LogP contribution in [0, 0.1) is 0 Å². The lowest BCUT2D eigenvalue weighted by Gasteiger charge is -2.23. The smallest absolute Gasteiger partial charge is 0.0856 e. The molecular weight excluding hydrogens is 107 g/mol. The predicted molar refractivity (Wildman–Crippen MR) is 42.2 cm³/mol. The van der Waals surface area contributed by atoms with E-state index in [1.807, 2.05) is 0 Å². The van der Waals surface area contributed by atoms with Crippen LogP contribution in [0.5, 0.6) is 0 Å². The van der Waals surface area contributed by atoms with E-state index in [1.165, 1.54) is 19.3 Å². The van der Waals surface area contributed by atoms with E-state index < -0.39 is 0 Å². The number of fused-ring (bicyclic) bond motifs is 2. The second-order valence-electron chi connectivity index (χ2n) is 3.89. The Labute approximate surface area is 58.1 Å². The van der Waals surface area contributed by atoms with E-state index in [1.54, 1.807) is 12.8 Å². The molecule has 0 aromatic rings. The highest BCUT2D eigenvalue weighted by Crippen LogP contribution is 2.48. The summed E-state index contributed by atoms with van der Waals surface area (Å²) in [5.41, 5.74) is 0. The summed E-state index contributed by atoms with van der Waals surface area (Å²) < 4.78 is 0. The first-order chi connectivity index (χ1) is 4.38. The Kier molecular flexibility index (Phi) is 1.32. The van der Waals surface area contributed by atoms with Crippen LogP contribution >= 0.6 is 0 Å². The molecule has 0 amide bonds. The molecule has 1 heteroatoms. The largest absolute Gasteiger partial charge is 0.143 e. The molecule has 2 heterocycles. The van der Waals surface area contributed by atoms with Crippen LogP contribution in [0.1, 0.15) is 32.1 Å². The summed E-state index contributed by atoms with van der Waals surface area (Å²) >= 11 is 0. The van der Waals surface area contributed by atoms with Crippen molar-refractivity contribution >= 4 is 6.71 Å². The van der Waals surface area contributed by atoms with Crippen LogP contribution in [0.4, 0.5) is 0 Å². The second kappa shape index (κ2) is 2.03. The summed E-state index contributed by atoms with van der Waals surface area (Å²) in [6.45, 7) is 3.54. The molecular formula is C8H15B. The topological polar surface area (TPSA) is 0 Å². The molecule has 2 unspecified atom stereocenters. The fourth-order valence-electron chi connectivity index (χ4n) is 2.80. The minimum Gasteiger partial charge on any atom is -0.0856 e. The molecule has 2 aliphatic rings. The van der Waals surface area contributed by atoms with Crippen molar-refractivity contribution in [2.24, 2.45) is 0 Å². The lowest BCUT2D eigenvalue weighted by Crippen LogP contribution is -2.19. The van der Waals surface area contributed by atoms with Gasteiger partial charge in [0.15, 0.2) is 0 Å². The van der Waals surface area contributed by atoms with E-state index in [-0.39, 0.29) is 0 Å². The van der Waals surface area contributed by atoms with Gasteiger partial charge < -0.3 is 0 Å². The van der Waals surface area contributed by atoms with Crippen LogP contribution < -0.4 is 0 Å². The van der Waals surface area contributed by atoms with E-state index >= 15 is 0 Å². The van der Waals surface area contributed by atoms with Crippen LogP contribution in [-0.4, -0.2) is 6.71 Å². The summed E-state index contributed by atoms with van der Waals surface area (Å²) in [7, 11) is 0. The highest BCUT2D eigenvalue weighted by Gasteiger charge is 2.37. The highest BCUT2D eigenvalue weighted by molar-refractivity contribution is 6.61. The second-order valence-corrected chi connectivity index (χ2v) is 3.89. The molecule has 0 radical (unpaired) electrons. The van der Waals surface area contributed by atoms with Crippen LogP contribution in [0.15, 0.2) is 0 Å². The number of hydrogen-bond donors (Lipinski definition) is 0. The average molecular weight is 122 g/mol. The van der Waals surface area contributed by atoms with Crippen LogP contribution in [-0.2, 0) is 0 Å². The minimum atomic E-state index is 1.08. The van der Waals surface area contributed by atoms with Gasteiger partial charge >= 0.3 is 0 Å². The van der Waals surface area contributed by atoms with Crippen LogP contribution in [0.2, 0.25) is 18.5 Å². The molecule has 2 atom stereocenters. The fourth-order valence-corrected chi connectivity index (χ4v) is 2.80. The van der Waals surface area contributed by atoms with Gasteiger partial charge in [-0.2, -0.15) is 0 Å². The molecule has 0 N–H and O–H groups in total. The Morgan fingerprint density at radius 2 is 1.56 bits per heavy atom. The Bertz CT molecular complexity index is 95.1. The van der Waals surface area contributed by atoms with Gasteiger partial charge in [0.2, 0.25) is 0 Å². The first-order valence-corrected chi connectivity index (χ1v) is 4.38. The van der Waals surface area contributed by atoms with Crippen molar-refractivity contribution in [1.82, 2.24) is 0 Å². The molecule has 2 fully saturated rings. The SMILES string of the molecule is CB1C2CCCC1CC2. The van der Waals surface area contributed by atoms with Crippen molar-refractivity contribution in [1.29, 1.82) is 0 Å². The van der Waals surface area contributed by atoms with Gasteiger partial charge in [-0.3, -0.25) is 0 Å². The van der Waals surface area contributed by atoms with Crippen LogP contribution in [0.3, 0.4) is 0 Å². The van der Waals surface area contributed by atoms with Crippen LogP contribution in [0.25, 0.3) is 0 Å². The van der Waals surface area contributed by atoms with E-state index in [9.17, 15) is 0 Å². The van der Waals surface area contributed by atoms with Gasteiger partial charge in [-0.1, -0.05) is 50.6 Å².